The van der Waals surface area contributed by atoms with Crippen molar-refractivity contribution in [3.8, 4) is 5.75 Å². The molecule has 0 radical (unpaired) electrons. The largest absolute Gasteiger partial charge is 0.490 e. The van der Waals surface area contributed by atoms with E-state index in [9.17, 15) is 18.8 Å². The number of hydrogen-bond acceptors (Lipinski definition) is 8. The Labute approximate surface area is 210 Å². The first-order valence-corrected chi connectivity index (χ1v) is 11.9. The number of aliphatic hydroxyl groups excluding tert-OH is 1. The average molecular weight is 508 g/mol. The van der Waals surface area contributed by atoms with E-state index in [-0.39, 0.29) is 54.4 Å². The lowest BCUT2D eigenvalue weighted by Gasteiger charge is -2.33. The number of likely N-dealkylation sites (tertiary alicyclic amines) is 1. The van der Waals surface area contributed by atoms with Crippen LogP contribution in [0, 0.1) is 11.7 Å². The molecule has 2 N–H and O–H groups in total. The molecule has 2 aliphatic heterocycles. The maximum absolute atomic E-state index is 14.7. The zero-order valence-electron chi connectivity index (χ0n) is 21.1. The SMILES string of the molecule is COC(=O)C1=C(Nc2ccc(OCC3CCN(C(=O)OC(C)(C)C)CC3)c(F)c2)C(=O)N(CCO)C1. The molecule has 10 nitrogen and oxygen atoms in total. The number of halogens is 1. The molecule has 2 heterocycles. The van der Waals surface area contributed by atoms with E-state index >= 15 is 0 Å². The van der Waals surface area contributed by atoms with Crippen LogP contribution in [0.4, 0.5) is 14.9 Å². The number of piperidine rings is 1. The molecule has 36 heavy (non-hydrogen) atoms. The number of hydrogen-bond donors (Lipinski definition) is 2. The van der Waals surface area contributed by atoms with Crippen LogP contribution >= 0.6 is 0 Å². The summed E-state index contributed by atoms with van der Waals surface area (Å²) in [6.07, 6.45) is 1.11. The lowest BCUT2D eigenvalue weighted by Crippen LogP contribution is -2.42. The number of anilines is 1. The molecule has 0 unspecified atom stereocenters. The molecule has 0 saturated carbocycles. The standard InChI is InChI=1S/C25H34FN3O7/c1-25(2,3)36-24(33)28-9-7-16(8-10-28)15-35-20-6-5-17(13-19(20)26)27-21-18(23(32)34-4)14-29(11-12-30)22(21)31/h5-6,13,16,27,30H,7-12,14-15H2,1-4H3. The molecule has 0 bridgehead atoms. The van der Waals surface area contributed by atoms with E-state index in [1.807, 2.05) is 20.8 Å². The molecule has 3 rings (SSSR count). The molecule has 1 saturated heterocycles. The second kappa shape index (κ2) is 11.6. The third-order valence-corrected chi connectivity index (χ3v) is 5.90. The van der Waals surface area contributed by atoms with Gasteiger partial charge in [-0.3, -0.25) is 4.79 Å². The smallest absolute Gasteiger partial charge is 0.410 e. The molecule has 0 spiro atoms. The van der Waals surface area contributed by atoms with E-state index in [4.69, 9.17) is 19.3 Å². The number of rotatable bonds is 8. The third kappa shape index (κ3) is 6.87. The predicted molar refractivity (Wildman–Crippen MR) is 129 cm³/mol. The van der Waals surface area contributed by atoms with Crippen molar-refractivity contribution in [1.29, 1.82) is 0 Å². The molecule has 1 aromatic rings. The number of benzene rings is 1. The van der Waals surface area contributed by atoms with Gasteiger partial charge in [0.2, 0.25) is 0 Å². The van der Waals surface area contributed by atoms with E-state index in [1.54, 1.807) is 11.0 Å². The maximum atomic E-state index is 14.7. The van der Waals surface area contributed by atoms with Crippen molar-refractivity contribution in [3.63, 3.8) is 0 Å². The molecule has 198 valence electrons. The lowest BCUT2D eigenvalue weighted by atomic mass is 9.98. The van der Waals surface area contributed by atoms with Gasteiger partial charge in [0.25, 0.3) is 5.91 Å². The Kier molecular flexibility index (Phi) is 8.78. The number of carbonyl (C=O) groups excluding carboxylic acids is 3. The van der Waals surface area contributed by atoms with Crippen LogP contribution in [-0.2, 0) is 19.1 Å². The number of methoxy groups -OCH3 is 1. The Balaban J connectivity index is 1.57. The first-order chi connectivity index (χ1) is 17.0. The zero-order chi connectivity index (χ0) is 26.5. The molecular formula is C25H34FN3O7. The van der Waals surface area contributed by atoms with Crippen LogP contribution < -0.4 is 10.1 Å². The minimum absolute atomic E-state index is 0.00911. The second-order valence-corrected chi connectivity index (χ2v) is 9.79. The molecule has 11 heteroatoms. The molecule has 1 fully saturated rings. The Morgan fingerprint density at radius 1 is 1.22 bits per heavy atom. The quantitative estimate of drug-likeness (QED) is 0.516. The van der Waals surface area contributed by atoms with Gasteiger partial charge in [-0.1, -0.05) is 0 Å². The number of carbonyl (C=O) groups is 3. The predicted octanol–water partition coefficient (Wildman–Crippen LogP) is 2.53. The van der Waals surface area contributed by atoms with Crippen molar-refractivity contribution >= 4 is 23.7 Å². The Morgan fingerprint density at radius 2 is 1.92 bits per heavy atom. The minimum atomic E-state index is -0.676. The van der Waals surface area contributed by atoms with Crippen molar-refractivity contribution in [2.75, 3.05) is 51.8 Å². The van der Waals surface area contributed by atoms with E-state index in [0.29, 0.717) is 19.7 Å². The number of β-amino-alcohol motifs (C(OH)–C–C–N with tert-alkyl or cyclic N) is 1. The minimum Gasteiger partial charge on any atom is -0.490 e. The topological polar surface area (TPSA) is 118 Å². The van der Waals surface area contributed by atoms with Crippen molar-refractivity contribution in [1.82, 2.24) is 9.80 Å². The summed E-state index contributed by atoms with van der Waals surface area (Å²) >= 11 is 0. The molecule has 2 aliphatic rings. The number of esters is 1. The summed E-state index contributed by atoms with van der Waals surface area (Å²) in [5, 5.41) is 12.0. The normalized spacial score (nSPS) is 16.9. The molecule has 0 aliphatic carbocycles. The molecule has 2 amide bonds. The molecule has 0 atom stereocenters. The summed E-state index contributed by atoms with van der Waals surface area (Å²) in [4.78, 5) is 39.9. The highest BCUT2D eigenvalue weighted by atomic mass is 19.1. The third-order valence-electron chi connectivity index (χ3n) is 5.90. The van der Waals surface area contributed by atoms with Gasteiger partial charge < -0.3 is 34.4 Å². The maximum Gasteiger partial charge on any atom is 0.410 e. The van der Waals surface area contributed by atoms with Crippen molar-refractivity contribution in [2.24, 2.45) is 5.92 Å². The summed E-state index contributed by atoms with van der Waals surface area (Å²) in [6.45, 7) is 6.67. The van der Waals surface area contributed by atoms with Gasteiger partial charge in [0.15, 0.2) is 11.6 Å². The Bertz CT molecular complexity index is 1010. The van der Waals surface area contributed by atoms with Gasteiger partial charge in [0.05, 0.1) is 32.4 Å². The van der Waals surface area contributed by atoms with E-state index in [0.717, 1.165) is 12.8 Å². The van der Waals surface area contributed by atoms with Crippen LogP contribution in [-0.4, -0.2) is 85.0 Å². The summed E-state index contributed by atoms with van der Waals surface area (Å²) in [6, 6.07) is 4.19. The van der Waals surface area contributed by atoms with Crippen LogP contribution in [0.25, 0.3) is 0 Å². The van der Waals surface area contributed by atoms with Crippen LogP contribution in [0.1, 0.15) is 33.6 Å². The van der Waals surface area contributed by atoms with Crippen molar-refractivity contribution in [2.45, 2.75) is 39.2 Å². The van der Waals surface area contributed by atoms with Crippen molar-refractivity contribution in [3.05, 3.63) is 35.3 Å². The van der Waals surface area contributed by atoms with Gasteiger partial charge in [-0.15, -0.1) is 0 Å². The van der Waals surface area contributed by atoms with E-state index in [1.165, 1.54) is 24.1 Å². The average Bonchev–Trinajstić information content (AvgIpc) is 3.12. The van der Waals surface area contributed by atoms with Gasteiger partial charge in [-0.05, 0) is 51.7 Å². The van der Waals surface area contributed by atoms with Crippen LogP contribution in [0.2, 0.25) is 0 Å². The monoisotopic (exact) mass is 507 g/mol. The van der Waals surface area contributed by atoms with Gasteiger partial charge in [0, 0.05) is 31.4 Å². The van der Waals surface area contributed by atoms with Crippen LogP contribution in [0.5, 0.6) is 5.75 Å². The van der Waals surface area contributed by atoms with E-state index < -0.39 is 23.3 Å². The molecular weight excluding hydrogens is 473 g/mol. The highest BCUT2D eigenvalue weighted by Crippen LogP contribution is 2.27. The summed E-state index contributed by atoms with van der Waals surface area (Å²) in [5.74, 6) is -1.55. The lowest BCUT2D eigenvalue weighted by molar-refractivity contribution is -0.136. The Hall–Kier alpha value is -3.34. The van der Waals surface area contributed by atoms with Gasteiger partial charge >= 0.3 is 12.1 Å². The first-order valence-electron chi connectivity index (χ1n) is 11.9. The van der Waals surface area contributed by atoms with Crippen molar-refractivity contribution < 1.29 is 38.1 Å². The number of nitrogens with zero attached hydrogens (tertiary/aromatic N) is 2. The number of amides is 2. The molecule has 1 aromatic carbocycles. The number of ether oxygens (including phenoxy) is 3. The zero-order valence-corrected chi connectivity index (χ0v) is 21.1. The highest BCUT2D eigenvalue weighted by molar-refractivity contribution is 6.08. The summed E-state index contributed by atoms with van der Waals surface area (Å²) in [7, 11) is 1.21. The van der Waals surface area contributed by atoms with Crippen LogP contribution in [0.15, 0.2) is 29.5 Å². The van der Waals surface area contributed by atoms with Crippen LogP contribution in [0.3, 0.4) is 0 Å². The first kappa shape index (κ1) is 27.3. The Morgan fingerprint density at radius 3 is 2.50 bits per heavy atom. The number of nitrogens with one attached hydrogen (secondary N) is 1. The van der Waals surface area contributed by atoms with Gasteiger partial charge in [-0.25, -0.2) is 14.0 Å². The van der Waals surface area contributed by atoms with E-state index in [2.05, 4.69) is 5.32 Å². The summed E-state index contributed by atoms with van der Waals surface area (Å²) in [5.41, 5.74) is -0.188. The fourth-order valence-electron chi connectivity index (χ4n) is 4.01. The molecule has 0 aromatic heterocycles. The fourth-order valence-corrected chi connectivity index (χ4v) is 4.01. The fraction of sp³-hybridized carbons (Fsp3) is 0.560. The highest BCUT2D eigenvalue weighted by Gasteiger charge is 2.34. The number of aliphatic hydroxyl groups is 1. The summed E-state index contributed by atoms with van der Waals surface area (Å²) < 4.78 is 30.6. The van der Waals surface area contributed by atoms with Gasteiger partial charge in [0.1, 0.15) is 11.3 Å². The second-order valence-electron chi connectivity index (χ2n) is 9.79. The van der Waals surface area contributed by atoms with Gasteiger partial charge in [-0.2, -0.15) is 0 Å².